The molecular formula is C37H46N6O12. The molecule has 0 aromatic heterocycles. The summed E-state index contributed by atoms with van der Waals surface area (Å²) in [5.74, 6) is -3.98. The second kappa shape index (κ2) is 24.3. The van der Waals surface area contributed by atoms with Gasteiger partial charge in [0.05, 0.1) is 37.9 Å². The Morgan fingerprint density at radius 3 is 1.89 bits per heavy atom. The lowest BCUT2D eigenvalue weighted by Crippen LogP contribution is -2.41. The van der Waals surface area contributed by atoms with Gasteiger partial charge in [-0.1, -0.05) is 36.8 Å². The summed E-state index contributed by atoms with van der Waals surface area (Å²) in [5.41, 5.74) is 1.08. The van der Waals surface area contributed by atoms with Gasteiger partial charge in [-0.2, -0.15) is 0 Å². The van der Waals surface area contributed by atoms with Gasteiger partial charge in [-0.25, -0.2) is 9.59 Å². The van der Waals surface area contributed by atoms with Gasteiger partial charge in [0.2, 0.25) is 24.1 Å². The van der Waals surface area contributed by atoms with E-state index in [0.717, 1.165) is 5.56 Å². The van der Waals surface area contributed by atoms with Crippen LogP contribution in [0.3, 0.4) is 0 Å². The third-order valence-electron chi connectivity index (χ3n) is 8.03. The Morgan fingerprint density at radius 2 is 1.27 bits per heavy atom. The summed E-state index contributed by atoms with van der Waals surface area (Å²) in [6, 6.07) is 13.6. The van der Waals surface area contributed by atoms with E-state index in [1.807, 2.05) is 11.4 Å². The highest BCUT2D eigenvalue weighted by molar-refractivity contribution is 6.03. The highest BCUT2D eigenvalue weighted by Gasteiger charge is 2.33. The molecular weight excluding hydrogens is 720 g/mol. The number of ether oxygens (including phenoxy) is 2. The topological polar surface area (TPSA) is 245 Å². The van der Waals surface area contributed by atoms with Gasteiger partial charge in [0.15, 0.2) is 0 Å². The number of amides is 9. The summed E-state index contributed by atoms with van der Waals surface area (Å²) in [4.78, 5) is 112. The first kappa shape index (κ1) is 43.4. The second-order valence-electron chi connectivity index (χ2n) is 12.1. The minimum Gasteiger partial charge on any atom is -0.377 e. The van der Waals surface area contributed by atoms with Gasteiger partial charge < -0.3 is 30.3 Å². The lowest BCUT2D eigenvalue weighted by Gasteiger charge is -2.16. The standard InChI is InChI=1S/C37H46N6O12/c44-25-41-37(52)42-35(50)29(26-7-2-1-3-8-26)9-4-5-18-38-30(45)10-6-11-31(46)39-19-21-53-23-24-54-22-20-40-34(49)27-12-14-28(15-13-27)36(51)55-43-32(47)16-17-33(43)48/h1-3,7-8,12-15,25,29H,4-6,9-11,16-24H2,(H,38,45)(H,39,46)(H,40,49)(H2,41,42,44,50,52). The molecule has 1 unspecified atom stereocenters. The van der Waals surface area contributed by atoms with Crippen molar-refractivity contribution in [2.24, 2.45) is 0 Å². The van der Waals surface area contributed by atoms with Crippen LogP contribution in [-0.2, 0) is 43.1 Å². The fourth-order valence-corrected chi connectivity index (χ4v) is 5.19. The molecule has 9 amide bonds. The van der Waals surface area contributed by atoms with Crippen molar-refractivity contribution in [2.45, 2.75) is 57.3 Å². The highest BCUT2D eigenvalue weighted by atomic mass is 16.7. The van der Waals surface area contributed by atoms with Crippen LogP contribution in [0.25, 0.3) is 0 Å². The zero-order chi connectivity index (χ0) is 39.8. The minimum absolute atomic E-state index is 0.0126. The van der Waals surface area contributed by atoms with E-state index in [4.69, 9.17) is 14.3 Å². The number of hydroxylamine groups is 2. The Balaban J connectivity index is 1.14. The Morgan fingerprint density at radius 1 is 0.691 bits per heavy atom. The maximum Gasteiger partial charge on any atom is 0.363 e. The van der Waals surface area contributed by atoms with Crippen molar-refractivity contribution in [1.82, 2.24) is 31.6 Å². The minimum atomic E-state index is -0.899. The van der Waals surface area contributed by atoms with Crippen LogP contribution in [0.1, 0.15) is 83.6 Å². The SMILES string of the molecule is O=CNC(=O)NC(=O)C(CCCCNC(=O)CCCC(=O)NCCOCCOCCNC(=O)c1ccc(C(=O)ON2C(=O)CCC2=O)cc1)c1ccccc1. The molecule has 1 saturated heterocycles. The Kier molecular flexibility index (Phi) is 19.2. The summed E-state index contributed by atoms with van der Waals surface area (Å²) in [5, 5.41) is 12.7. The number of carbonyl (C=O) groups is 9. The Labute approximate surface area is 317 Å². The fraction of sp³-hybridized carbons (Fsp3) is 0.432. The van der Waals surface area contributed by atoms with Crippen molar-refractivity contribution in [3.05, 3.63) is 71.3 Å². The van der Waals surface area contributed by atoms with Gasteiger partial charge in [0, 0.05) is 50.9 Å². The van der Waals surface area contributed by atoms with Crippen LogP contribution in [0.5, 0.6) is 0 Å². The third kappa shape index (κ3) is 16.3. The molecule has 1 aliphatic rings. The van der Waals surface area contributed by atoms with E-state index in [0.29, 0.717) is 37.3 Å². The number of rotatable bonds is 24. The zero-order valence-electron chi connectivity index (χ0n) is 30.3. The monoisotopic (exact) mass is 766 g/mol. The maximum absolute atomic E-state index is 12.6. The summed E-state index contributed by atoms with van der Waals surface area (Å²) < 4.78 is 10.9. The molecule has 3 rings (SSSR count). The molecule has 2 aromatic carbocycles. The van der Waals surface area contributed by atoms with E-state index in [2.05, 4.69) is 21.3 Å². The van der Waals surface area contributed by atoms with Gasteiger partial charge in [-0.3, -0.25) is 44.2 Å². The van der Waals surface area contributed by atoms with E-state index in [1.165, 1.54) is 24.3 Å². The molecule has 0 spiro atoms. The lowest BCUT2D eigenvalue weighted by atomic mass is 9.92. The van der Waals surface area contributed by atoms with Crippen LogP contribution in [0.2, 0.25) is 0 Å². The predicted octanol–water partition coefficient (Wildman–Crippen LogP) is 1.01. The molecule has 1 heterocycles. The van der Waals surface area contributed by atoms with Gasteiger partial charge in [0.25, 0.3) is 17.7 Å². The number of imide groups is 3. The largest absolute Gasteiger partial charge is 0.377 e. The van der Waals surface area contributed by atoms with Crippen LogP contribution < -0.4 is 26.6 Å². The molecule has 296 valence electrons. The molecule has 18 nitrogen and oxygen atoms in total. The van der Waals surface area contributed by atoms with E-state index in [-0.39, 0.29) is 94.6 Å². The van der Waals surface area contributed by atoms with E-state index < -0.39 is 41.5 Å². The summed E-state index contributed by atoms with van der Waals surface area (Å²) in [7, 11) is 0. The van der Waals surface area contributed by atoms with Crippen LogP contribution in [0.4, 0.5) is 4.79 Å². The molecule has 2 aromatic rings. The van der Waals surface area contributed by atoms with E-state index in [1.54, 1.807) is 24.3 Å². The van der Waals surface area contributed by atoms with Gasteiger partial charge in [-0.05, 0) is 49.1 Å². The van der Waals surface area contributed by atoms with E-state index >= 15 is 0 Å². The number of nitrogens with zero attached hydrogens (tertiary/aromatic N) is 1. The smallest absolute Gasteiger partial charge is 0.363 e. The normalized spacial score (nSPS) is 12.7. The summed E-state index contributed by atoms with van der Waals surface area (Å²) in [6.45, 7) is 1.92. The van der Waals surface area contributed by atoms with Crippen molar-refractivity contribution < 1.29 is 57.5 Å². The van der Waals surface area contributed by atoms with Crippen molar-refractivity contribution in [1.29, 1.82) is 0 Å². The molecule has 18 heteroatoms. The van der Waals surface area contributed by atoms with Crippen LogP contribution >= 0.6 is 0 Å². The number of urea groups is 1. The van der Waals surface area contributed by atoms with E-state index in [9.17, 15) is 43.2 Å². The predicted molar refractivity (Wildman–Crippen MR) is 193 cm³/mol. The van der Waals surface area contributed by atoms with Crippen LogP contribution in [0.15, 0.2) is 54.6 Å². The molecule has 0 radical (unpaired) electrons. The first-order valence-electron chi connectivity index (χ1n) is 17.8. The first-order chi connectivity index (χ1) is 26.6. The first-order valence-corrected chi connectivity index (χ1v) is 17.8. The van der Waals surface area contributed by atoms with Crippen LogP contribution in [0, 0.1) is 0 Å². The number of hydrogen-bond donors (Lipinski definition) is 5. The Bertz CT molecular complexity index is 1620. The van der Waals surface area contributed by atoms with Gasteiger partial charge in [-0.15, -0.1) is 5.06 Å². The molecule has 55 heavy (non-hydrogen) atoms. The number of nitrogens with one attached hydrogen (secondary N) is 5. The molecule has 0 aliphatic carbocycles. The van der Waals surface area contributed by atoms with Gasteiger partial charge in [0.1, 0.15) is 0 Å². The van der Waals surface area contributed by atoms with Gasteiger partial charge >= 0.3 is 12.0 Å². The molecule has 1 fully saturated rings. The number of unbranched alkanes of at least 4 members (excludes halogenated alkanes) is 1. The quantitative estimate of drug-likeness (QED) is 0.0571. The zero-order valence-corrected chi connectivity index (χ0v) is 30.3. The number of benzene rings is 2. The summed E-state index contributed by atoms with van der Waals surface area (Å²) >= 11 is 0. The molecule has 0 saturated carbocycles. The Hall–Kier alpha value is -6.01. The maximum atomic E-state index is 12.6. The lowest BCUT2D eigenvalue weighted by molar-refractivity contribution is -0.172. The number of hydrogen-bond acceptors (Lipinski definition) is 12. The van der Waals surface area contributed by atoms with Crippen molar-refractivity contribution >= 4 is 53.9 Å². The van der Waals surface area contributed by atoms with Crippen molar-refractivity contribution in [2.75, 3.05) is 46.1 Å². The average molecular weight is 767 g/mol. The molecule has 1 aliphatic heterocycles. The average Bonchev–Trinajstić information content (AvgIpc) is 3.49. The summed E-state index contributed by atoms with van der Waals surface area (Å²) in [6.07, 6.45) is 2.50. The molecule has 5 N–H and O–H groups in total. The fourth-order valence-electron chi connectivity index (χ4n) is 5.19. The molecule has 0 bridgehead atoms. The van der Waals surface area contributed by atoms with Crippen molar-refractivity contribution in [3.8, 4) is 0 Å². The number of carbonyl (C=O) groups excluding carboxylic acids is 9. The molecule has 1 atom stereocenters. The second-order valence-corrected chi connectivity index (χ2v) is 12.1. The van der Waals surface area contributed by atoms with Crippen LogP contribution in [-0.4, -0.2) is 105 Å². The highest BCUT2D eigenvalue weighted by Crippen LogP contribution is 2.22. The third-order valence-corrected chi connectivity index (χ3v) is 8.03. The van der Waals surface area contributed by atoms with Crippen molar-refractivity contribution in [3.63, 3.8) is 0 Å².